The average molecular weight is 157 g/mol. The minimum Gasteiger partial charge on any atom is -0.409 e. The van der Waals surface area contributed by atoms with Crippen LogP contribution in [-0.2, 0) is 9.31 Å². The first-order chi connectivity index (χ1) is 5.01. The molecule has 1 saturated heterocycles. The van der Waals surface area contributed by atoms with Crippen LogP contribution in [-0.4, -0.2) is 25.9 Å². The van der Waals surface area contributed by atoms with E-state index in [4.69, 9.17) is 15.0 Å². The molecule has 0 saturated carbocycles. The summed E-state index contributed by atoms with van der Waals surface area (Å²) < 4.78 is 10.8. The number of nitrogens with two attached hydrogens (primary N) is 1. The van der Waals surface area contributed by atoms with Gasteiger partial charge in [0.15, 0.2) is 0 Å². The normalized spacial score (nSPS) is 24.3. The summed E-state index contributed by atoms with van der Waals surface area (Å²) in [6.45, 7) is 7.27. The van der Waals surface area contributed by atoms with Crippen LogP contribution in [0.15, 0.2) is 0 Å². The first-order valence-electron chi connectivity index (χ1n) is 4.03. The Morgan fingerprint density at radius 2 is 1.82 bits per heavy atom. The molecule has 0 unspecified atom stereocenters. The Morgan fingerprint density at radius 1 is 1.36 bits per heavy atom. The molecule has 0 bridgehead atoms. The molecule has 4 heteroatoms. The van der Waals surface area contributed by atoms with Gasteiger partial charge in [0.2, 0.25) is 0 Å². The summed E-state index contributed by atoms with van der Waals surface area (Å²) in [7, 11) is -0.0633. The van der Waals surface area contributed by atoms with Crippen molar-refractivity contribution in [2.24, 2.45) is 5.73 Å². The van der Waals surface area contributed by atoms with Gasteiger partial charge in [0.05, 0.1) is 18.8 Å². The molecule has 0 radical (unpaired) electrons. The molecule has 0 aliphatic carbocycles. The highest BCUT2D eigenvalue weighted by molar-refractivity contribution is 6.46. The van der Waals surface area contributed by atoms with Crippen molar-refractivity contribution in [1.82, 2.24) is 0 Å². The summed E-state index contributed by atoms with van der Waals surface area (Å²) in [6, 6.07) is 0. The quantitative estimate of drug-likeness (QED) is 0.568. The van der Waals surface area contributed by atoms with Crippen molar-refractivity contribution in [2.45, 2.75) is 32.1 Å². The van der Waals surface area contributed by atoms with Crippen LogP contribution in [0.25, 0.3) is 0 Å². The van der Waals surface area contributed by atoms with E-state index in [1.54, 1.807) is 0 Å². The van der Waals surface area contributed by atoms with Crippen molar-refractivity contribution in [2.75, 3.05) is 13.2 Å². The number of hydrogen-bond donors (Lipinski definition) is 1. The molecule has 3 nitrogen and oxygen atoms in total. The number of rotatable bonds is 1. The summed E-state index contributed by atoms with van der Waals surface area (Å²) in [4.78, 5) is 0. The molecule has 64 valence electrons. The second kappa shape index (κ2) is 3.13. The third-order valence-corrected chi connectivity index (χ3v) is 1.70. The molecule has 0 spiro atoms. The van der Waals surface area contributed by atoms with Gasteiger partial charge < -0.3 is 15.0 Å². The van der Waals surface area contributed by atoms with E-state index < -0.39 is 0 Å². The van der Waals surface area contributed by atoms with E-state index in [2.05, 4.69) is 13.8 Å². The van der Waals surface area contributed by atoms with Crippen LogP contribution < -0.4 is 5.73 Å². The summed E-state index contributed by atoms with van der Waals surface area (Å²) in [6.07, 6.45) is 0. The monoisotopic (exact) mass is 157 g/mol. The molecule has 1 rings (SSSR count). The SMILES string of the molecule is CC(C)B1OCC(C)(N)CO1. The fourth-order valence-electron chi connectivity index (χ4n) is 1.02. The molecule has 2 N–H and O–H groups in total. The summed E-state index contributed by atoms with van der Waals surface area (Å²) >= 11 is 0. The second-order valence-electron chi connectivity index (χ2n) is 3.89. The molecule has 0 aromatic rings. The summed E-state index contributed by atoms with van der Waals surface area (Å²) in [5.74, 6) is 0.408. The highest BCUT2D eigenvalue weighted by atomic mass is 16.6. The van der Waals surface area contributed by atoms with Gasteiger partial charge in [0.25, 0.3) is 0 Å². The van der Waals surface area contributed by atoms with Crippen LogP contribution in [0.5, 0.6) is 0 Å². The van der Waals surface area contributed by atoms with E-state index in [1.807, 2.05) is 6.92 Å². The molecule has 0 atom stereocenters. The molecule has 0 aromatic carbocycles. The zero-order valence-electron chi connectivity index (χ0n) is 7.46. The van der Waals surface area contributed by atoms with Gasteiger partial charge in [-0.1, -0.05) is 13.8 Å². The van der Waals surface area contributed by atoms with Crippen molar-refractivity contribution < 1.29 is 9.31 Å². The van der Waals surface area contributed by atoms with Crippen molar-refractivity contribution in [3.63, 3.8) is 0 Å². The Labute approximate surface area is 68.4 Å². The van der Waals surface area contributed by atoms with Gasteiger partial charge in [-0.05, 0) is 12.7 Å². The molecule has 1 heterocycles. The van der Waals surface area contributed by atoms with Crippen molar-refractivity contribution >= 4 is 7.12 Å². The van der Waals surface area contributed by atoms with E-state index >= 15 is 0 Å². The van der Waals surface area contributed by atoms with E-state index in [1.165, 1.54) is 0 Å². The maximum atomic E-state index is 5.79. The summed E-state index contributed by atoms with van der Waals surface area (Å²) in [5, 5.41) is 0. The van der Waals surface area contributed by atoms with E-state index in [-0.39, 0.29) is 12.7 Å². The standard InChI is InChI=1S/C7H16BNO2/c1-6(2)8-10-4-7(3,9)5-11-8/h6H,4-5,9H2,1-3H3. The van der Waals surface area contributed by atoms with E-state index in [9.17, 15) is 0 Å². The smallest absolute Gasteiger partial charge is 0.409 e. The van der Waals surface area contributed by atoms with Gasteiger partial charge in [0, 0.05) is 0 Å². The summed E-state index contributed by atoms with van der Waals surface area (Å²) in [5.41, 5.74) is 5.49. The fourth-order valence-corrected chi connectivity index (χ4v) is 1.02. The second-order valence-corrected chi connectivity index (χ2v) is 3.89. The molecule has 1 aliphatic rings. The lowest BCUT2D eigenvalue weighted by Crippen LogP contribution is -2.53. The van der Waals surface area contributed by atoms with Crippen LogP contribution in [0, 0.1) is 0 Å². The fraction of sp³-hybridized carbons (Fsp3) is 1.00. The third kappa shape index (κ3) is 2.47. The minimum atomic E-state index is -0.300. The van der Waals surface area contributed by atoms with Gasteiger partial charge in [0.1, 0.15) is 0 Å². The Balaban J connectivity index is 2.36. The predicted molar refractivity (Wildman–Crippen MR) is 45.3 cm³/mol. The van der Waals surface area contributed by atoms with Crippen molar-refractivity contribution in [3.05, 3.63) is 0 Å². The average Bonchev–Trinajstić information content (AvgIpc) is 1.86. The van der Waals surface area contributed by atoms with Crippen LogP contribution in [0.3, 0.4) is 0 Å². The van der Waals surface area contributed by atoms with E-state index in [0.29, 0.717) is 19.0 Å². The first-order valence-corrected chi connectivity index (χ1v) is 4.03. The van der Waals surface area contributed by atoms with Crippen LogP contribution in [0.2, 0.25) is 5.82 Å². The molecule has 0 aromatic heterocycles. The molecule has 1 aliphatic heterocycles. The van der Waals surface area contributed by atoms with Gasteiger partial charge in [-0.2, -0.15) is 0 Å². The third-order valence-electron chi connectivity index (χ3n) is 1.70. The molecule has 11 heavy (non-hydrogen) atoms. The van der Waals surface area contributed by atoms with Gasteiger partial charge >= 0.3 is 7.12 Å². The van der Waals surface area contributed by atoms with E-state index in [0.717, 1.165) is 0 Å². The van der Waals surface area contributed by atoms with Crippen molar-refractivity contribution in [3.8, 4) is 0 Å². The Bertz CT molecular complexity index is 128. The van der Waals surface area contributed by atoms with Crippen LogP contribution in [0.4, 0.5) is 0 Å². The van der Waals surface area contributed by atoms with Crippen LogP contribution in [0.1, 0.15) is 20.8 Å². The maximum absolute atomic E-state index is 5.79. The van der Waals surface area contributed by atoms with Gasteiger partial charge in [-0.3, -0.25) is 0 Å². The first kappa shape index (κ1) is 9.04. The lowest BCUT2D eigenvalue weighted by molar-refractivity contribution is 0.0641. The predicted octanol–water partition coefficient (Wildman–Crippen LogP) is 0.649. The molecular formula is C7H16BNO2. The van der Waals surface area contributed by atoms with Gasteiger partial charge in [-0.25, -0.2) is 0 Å². The number of hydrogen-bond acceptors (Lipinski definition) is 3. The molecule has 1 fully saturated rings. The Hall–Kier alpha value is -0.0551. The lowest BCUT2D eigenvalue weighted by atomic mass is 9.73. The maximum Gasteiger partial charge on any atom is 0.459 e. The van der Waals surface area contributed by atoms with Crippen molar-refractivity contribution in [1.29, 1.82) is 0 Å². The zero-order valence-corrected chi connectivity index (χ0v) is 7.46. The largest absolute Gasteiger partial charge is 0.459 e. The Morgan fingerprint density at radius 3 is 2.18 bits per heavy atom. The van der Waals surface area contributed by atoms with Crippen LogP contribution >= 0.6 is 0 Å². The van der Waals surface area contributed by atoms with Gasteiger partial charge in [-0.15, -0.1) is 0 Å². The lowest BCUT2D eigenvalue weighted by Gasteiger charge is -2.34. The zero-order chi connectivity index (χ0) is 8.48. The molecular weight excluding hydrogens is 141 g/mol. The Kier molecular flexibility index (Phi) is 2.57. The highest BCUT2D eigenvalue weighted by Crippen LogP contribution is 2.17. The topological polar surface area (TPSA) is 44.5 Å². The molecule has 0 amide bonds. The highest BCUT2D eigenvalue weighted by Gasteiger charge is 2.34. The minimum absolute atomic E-state index is 0.0633.